The predicted octanol–water partition coefficient (Wildman–Crippen LogP) is 1.88. The Labute approximate surface area is 127 Å². The van der Waals surface area contributed by atoms with Gasteiger partial charge in [-0.2, -0.15) is 0 Å². The summed E-state index contributed by atoms with van der Waals surface area (Å²) in [4.78, 5) is 14.4. The van der Waals surface area contributed by atoms with Crippen LogP contribution in [-0.2, 0) is 4.74 Å². The molecule has 0 aliphatic heterocycles. The number of amides is 1. The molecule has 0 fully saturated rings. The summed E-state index contributed by atoms with van der Waals surface area (Å²) < 4.78 is 5.09. The summed E-state index contributed by atoms with van der Waals surface area (Å²) in [5.41, 5.74) is 6.88. The van der Waals surface area contributed by atoms with E-state index in [9.17, 15) is 4.79 Å². The van der Waals surface area contributed by atoms with Gasteiger partial charge in [0.2, 0.25) is 0 Å². The Balaban J connectivity index is 2.87. The summed E-state index contributed by atoms with van der Waals surface area (Å²) in [7, 11) is 1.64. The Kier molecular flexibility index (Phi) is 7.52. The van der Waals surface area contributed by atoms with Crippen molar-refractivity contribution in [3.8, 4) is 11.8 Å². The van der Waals surface area contributed by atoms with Crippen molar-refractivity contribution in [2.75, 3.05) is 26.8 Å². The van der Waals surface area contributed by atoms with E-state index in [4.69, 9.17) is 10.5 Å². The van der Waals surface area contributed by atoms with Gasteiger partial charge in [0.05, 0.1) is 13.2 Å². The lowest BCUT2D eigenvalue weighted by Gasteiger charge is -2.28. The van der Waals surface area contributed by atoms with Gasteiger partial charge in [-0.05, 0) is 37.6 Å². The number of rotatable bonds is 6. The zero-order chi connectivity index (χ0) is 15.7. The zero-order valence-electron chi connectivity index (χ0n) is 13.1. The van der Waals surface area contributed by atoms with Crippen molar-refractivity contribution in [1.82, 2.24) is 4.90 Å². The molecule has 0 radical (unpaired) electrons. The van der Waals surface area contributed by atoms with Crippen LogP contribution < -0.4 is 5.73 Å². The van der Waals surface area contributed by atoms with Crippen molar-refractivity contribution in [3.05, 3.63) is 35.4 Å². The lowest BCUT2D eigenvalue weighted by atomic mass is 10.1. The monoisotopic (exact) mass is 288 g/mol. The van der Waals surface area contributed by atoms with Crippen molar-refractivity contribution in [1.29, 1.82) is 0 Å². The molecule has 0 aliphatic rings. The number of ether oxygens (including phenoxy) is 1. The third-order valence-electron chi connectivity index (χ3n) is 3.39. The molecule has 2 N–H and O–H groups in total. The molecule has 4 heteroatoms. The predicted molar refractivity (Wildman–Crippen MR) is 85.0 cm³/mol. The van der Waals surface area contributed by atoms with Crippen molar-refractivity contribution < 1.29 is 9.53 Å². The van der Waals surface area contributed by atoms with Gasteiger partial charge in [-0.15, -0.1) is 0 Å². The minimum absolute atomic E-state index is 0.0275. The number of nitrogens with two attached hydrogens (primary N) is 1. The number of carbonyl (C=O) groups is 1. The SMILES string of the molecule is CCC(C)N(CCOC)C(=O)c1ccc(C#CCN)cc1. The molecule has 1 aromatic rings. The van der Waals surface area contributed by atoms with E-state index in [1.54, 1.807) is 7.11 Å². The van der Waals surface area contributed by atoms with Crippen molar-refractivity contribution >= 4 is 5.91 Å². The van der Waals surface area contributed by atoms with E-state index < -0.39 is 0 Å². The maximum atomic E-state index is 12.6. The normalized spacial score (nSPS) is 11.4. The van der Waals surface area contributed by atoms with Crippen LogP contribution in [0.1, 0.15) is 36.2 Å². The fraction of sp³-hybridized carbons (Fsp3) is 0.471. The van der Waals surface area contributed by atoms with Gasteiger partial charge >= 0.3 is 0 Å². The molecular formula is C17H24N2O2. The third-order valence-corrected chi connectivity index (χ3v) is 3.39. The molecule has 0 saturated carbocycles. The molecule has 0 spiro atoms. The van der Waals surface area contributed by atoms with Gasteiger partial charge in [0.1, 0.15) is 0 Å². The molecule has 114 valence electrons. The zero-order valence-corrected chi connectivity index (χ0v) is 13.1. The molecule has 1 atom stereocenters. The van der Waals surface area contributed by atoms with E-state index in [1.807, 2.05) is 29.2 Å². The van der Waals surface area contributed by atoms with Crippen LogP contribution in [0.4, 0.5) is 0 Å². The van der Waals surface area contributed by atoms with Crippen molar-refractivity contribution in [3.63, 3.8) is 0 Å². The van der Waals surface area contributed by atoms with Gasteiger partial charge in [-0.25, -0.2) is 0 Å². The highest BCUT2D eigenvalue weighted by Gasteiger charge is 2.19. The van der Waals surface area contributed by atoms with Gasteiger partial charge in [-0.1, -0.05) is 18.8 Å². The largest absolute Gasteiger partial charge is 0.383 e. The number of methoxy groups -OCH3 is 1. The topological polar surface area (TPSA) is 55.6 Å². The van der Waals surface area contributed by atoms with Crippen LogP contribution in [0.3, 0.4) is 0 Å². The number of carbonyl (C=O) groups excluding carboxylic acids is 1. The summed E-state index contributed by atoms with van der Waals surface area (Å²) in [6, 6.07) is 7.50. The Morgan fingerprint density at radius 1 is 1.38 bits per heavy atom. The molecule has 1 amide bonds. The first kappa shape index (κ1) is 17.2. The van der Waals surface area contributed by atoms with Crippen molar-refractivity contribution in [2.24, 2.45) is 5.73 Å². The van der Waals surface area contributed by atoms with E-state index in [-0.39, 0.29) is 11.9 Å². The van der Waals surface area contributed by atoms with Crippen molar-refractivity contribution in [2.45, 2.75) is 26.3 Å². The average Bonchev–Trinajstić information content (AvgIpc) is 2.53. The smallest absolute Gasteiger partial charge is 0.254 e. The first-order chi connectivity index (χ1) is 10.1. The lowest BCUT2D eigenvalue weighted by Crippen LogP contribution is -2.40. The molecule has 0 aromatic heterocycles. The standard InChI is InChI=1S/C17H24N2O2/c1-4-14(2)19(12-13-21-3)17(20)16-9-7-15(8-10-16)6-5-11-18/h7-10,14H,4,11-13,18H2,1-3H3. The molecular weight excluding hydrogens is 264 g/mol. The van der Waals surface area contributed by atoms with Crippen LogP contribution in [-0.4, -0.2) is 43.7 Å². The number of hydrogen-bond donors (Lipinski definition) is 1. The van der Waals surface area contributed by atoms with Gasteiger partial charge in [0.25, 0.3) is 5.91 Å². The summed E-state index contributed by atoms with van der Waals surface area (Å²) in [6.45, 7) is 5.59. The number of nitrogens with zero attached hydrogens (tertiary/aromatic N) is 1. The van der Waals surface area contributed by atoms with Crippen LogP contribution in [0.15, 0.2) is 24.3 Å². The Bertz CT molecular complexity index is 500. The van der Waals surface area contributed by atoms with Gasteiger partial charge < -0.3 is 15.4 Å². The van der Waals surface area contributed by atoms with E-state index in [1.165, 1.54) is 0 Å². The highest BCUT2D eigenvalue weighted by Crippen LogP contribution is 2.12. The second-order valence-corrected chi connectivity index (χ2v) is 4.83. The molecule has 0 bridgehead atoms. The van der Waals surface area contributed by atoms with Gasteiger partial charge in [0.15, 0.2) is 0 Å². The minimum atomic E-state index is 0.0275. The van der Waals surface area contributed by atoms with Gasteiger partial charge in [0, 0.05) is 30.8 Å². The number of hydrogen-bond acceptors (Lipinski definition) is 3. The van der Waals surface area contributed by atoms with Crippen LogP contribution in [0.5, 0.6) is 0 Å². The van der Waals surface area contributed by atoms with E-state index in [0.29, 0.717) is 25.3 Å². The summed E-state index contributed by atoms with van der Waals surface area (Å²) in [5.74, 6) is 5.77. The van der Waals surface area contributed by atoms with E-state index in [0.717, 1.165) is 12.0 Å². The maximum absolute atomic E-state index is 12.6. The fourth-order valence-electron chi connectivity index (χ4n) is 1.95. The Morgan fingerprint density at radius 2 is 2.05 bits per heavy atom. The molecule has 0 aliphatic carbocycles. The highest BCUT2D eigenvalue weighted by molar-refractivity contribution is 5.94. The highest BCUT2D eigenvalue weighted by atomic mass is 16.5. The fourth-order valence-corrected chi connectivity index (χ4v) is 1.95. The maximum Gasteiger partial charge on any atom is 0.254 e. The molecule has 0 saturated heterocycles. The molecule has 1 unspecified atom stereocenters. The molecule has 0 heterocycles. The Hall–Kier alpha value is -1.83. The summed E-state index contributed by atoms with van der Waals surface area (Å²) >= 11 is 0. The molecule has 4 nitrogen and oxygen atoms in total. The average molecular weight is 288 g/mol. The van der Waals surface area contributed by atoms with Crippen LogP contribution >= 0.6 is 0 Å². The second kappa shape index (κ2) is 9.17. The summed E-state index contributed by atoms with van der Waals surface area (Å²) in [5, 5.41) is 0. The lowest BCUT2D eigenvalue weighted by molar-refractivity contribution is 0.0614. The quantitative estimate of drug-likeness (QED) is 0.813. The second-order valence-electron chi connectivity index (χ2n) is 4.83. The minimum Gasteiger partial charge on any atom is -0.383 e. The van der Waals surface area contributed by atoms with E-state index >= 15 is 0 Å². The van der Waals surface area contributed by atoms with Crippen LogP contribution in [0.25, 0.3) is 0 Å². The first-order valence-electron chi connectivity index (χ1n) is 7.22. The van der Waals surface area contributed by atoms with Crippen LogP contribution in [0, 0.1) is 11.8 Å². The van der Waals surface area contributed by atoms with E-state index in [2.05, 4.69) is 25.7 Å². The molecule has 21 heavy (non-hydrogen) atoms. The van der Waals surface area contributed by atoms with Gasteiger partial charge in [-0.3, -0.25) is 4.79 Å². The number of benzene rings is 1. The summed E-state index contributed by atoms with van der Waals surface area (Å²) in [6.07, 6.45) is 0.912. The Morgan fingerprint density at radius 3 is 2.57 bits per heavy atom. The molecule has 1 aromatic carbocycles. The first-order valence-corrected chi connectivity index (χ1v) is 7.22. The third kappa shape index (κ3) is 5.22. The van der Waals surface area contributed by atoms with Crippen LogP contribution in [0.2, 0.25) is 0 Å². The molecule has 1 rings (SSSR count).